The van der Waals surface area contributed by atoms with Crippen LogP contribution in [-0.4, -0.2) is 38.6 Å². The summed E-state index contributed by atoms with van der Waals surface area (Å²) in [7, 11) is -1.09. The van der Waals surface area contributed by atoms with Gasteiger partial charge in [0.2, 0.25) is 10.0 Å². The minimum absolute atomic E-state index is 0.180. The maximum atomic E-state index is 11.8. The molecule has 0 radical (unpaired) electrons. The van der Waals surface area contributed by atoms with Crippen LogP contribution < -0.4 is 5.73 Å². The molecule has 0 aliphatic carbocycles. The lowest BCUT2D eigenvalue weighted by Crippen LogP contribution is -2.32. The van der Waals surface area contributed by atoms with Gasteiger partial charge in [-0.1, -0.05) is 12.1 Å². The van der Waals surface area contributed by atoms with E-state index in [1.807, 2.05) is 0 Å². The van der Waals surface area contributed by atoms with Crippen LogP contribution in [0.15, 0.2) is 24.3 Å². The molecule has 1 aromatic carbocycles. The van der Waals surface area contributed by atoms with Crippen LogP contribution in [0.25, 0.3) is 0 Å². The molecule has 0 aromatic heterocycles. The third-order valence-corrected chi connectivity index (χ3v) is 4.07. The number of ether oxygens (including phenoxy) is 1. The fourth-order valence-corrected chi connectivity index (χ4v) is 2.28. The zero-order valence-corrected chi connectivity index (χ0v) is 11.1. The van der Waals surface area contributed by atoms with Gasteiger partial charge in [0.15, 0.2) is 5.75 Å². The van der Waals surface area contributed by atoms with E-state index in [2.05, 4.69) is 4.74 Å². The van der Waals surface area contributed by atoms with E-state index in [0.29, 0.717) is 5.69 Å². The van der Waals surface area contributed by atoms with Crippen molar-refractivity contribution < 1.29 is 17.9 Å². The van der Waals surface area contributed by atoms with Crippen LogP contribution >= 0.6 is 0 Å². The molecule has 0 saturated heterocycles. The molecule has 0 atom stereocenters. The molecule has 0 unspecified atom stereocenters. The summed E-state index contributed by atoms with van der Waals surface area (Å²) in [5.74, 6) is -1.44. The standard InChI is InChI=1S/C11H16N2O4S/c1-13(18(15,16)8-11(14)17-2)7-9-3-5-10(12)6-4-9/h3-6H,7-8,12H2,1-2H3. The zero-order chi connectivity index (χ0) is 13.8. The molecule has 1 aromatic rings. The van der Waals surface area contributed by atoms with Gasteiger partial charge >= 0.3 is 5.97 Å². The number of benzene rings is 1. The number of carbonyl (C=O) groups is 1. The van der Waals surface area contributed by atoms with Gasteiger partial charge in [-0.05, 0) is 17.7 Å². The quantitative estimate of drug-likeness (QED) is 0.611. The molecule has 7 heteroatoms. The molecule has 0 fully saturated rings. The number of nitrogens with zero attached hydrogens (tertiary/aromatic N) is 1. The minimum Gasteiger partial charge on any atom is -0.468 e. The van der Waals surface area contributed by atoms with Gasteiger partial charge in [0.25, 0.3) is 0 Å². The Balaban J connectivity index is 2.72. The summed E-state index contributed by atoms with van der Waals surface area (Å²) >= 11 is 0. The second-order valence-electron chi connectivity index (χ2n) is 3.83. The first-order chi connectivity index (χ1) is 8.35. The first-order valence-corrected chi connectivity index (χ1v) is 6.81. The first kappa shape index (κ1) is 14.5. The Kier molecular flexibility index (Phi) is 4.69. The summed E-state index contributed by atoms with van der Waals surface area (Å²) in [4.78, 5) is 11.0. The Bertz CT molecular complexity index is 510. The van der Waals surface area contributed by atoms with E-state index >= 15 is 0 Å². The predicted molar refractivity (Wildman–Crippen MR) is 68.1 cm³/mol. The highest BCUT2D eigenvalue weighted by atomic mass is 32.2. The van der Waals surface area contributed by atoms with Gasteiger partial charge in [0.1, 0.15) is 0 Å². The molecule has 0 amide bonds. The molecule has 0 bridgehead atoms. The van der Waals surface area contributed by atoms with Gasteiger partial charge < -0.3 is 10.5 Å². The molecule has 0 heterocycles. The van der Waals surface area contributed by atoms with Gasteiger partial charge in [-0.3, -0.25) is 4.79 Å². The Morgan fingerprint density at radius 1 is 1.33 bits per heavy atom. The van der Waals surface area contributed by atoms with E-state index in [9.17, 15) is 13.2 Å². The van der Waals surface area contributed by atoms with Crippen LogP contribution in [0.2, 0.25) is 0 Å². The van der Waals surface area contributed by atoms with E-state index in [-0.39, 0.29) is 6.54 Å². The molecule has 0 aliphatic heterocycles. The Labute approximate surface area is 106 Å². The van der Waals surface area contributed by atoms with Crippen molar-refractivity contribution in [2.45, 2.75) is 6.54 Å². The minimum atomic E-state index is -3.65. The lowest BCUT2D eigenvalue weighted by atomic mass is 10.2. The molecule has 0 aliphatic rings. The lowest BCUT2D eigenvalue weighted by molar-refractivity contribution is -0.137. The summed E-state index contributed by atoms with van der Waals surface area (Å²) in [6.07, 6.45) is 0. The number of esters is 1. The Morgan fingerprint density at radius 3 is 2.39 bits per heavy atom. The summed E-state index contributed by atoms with van der Waals surface area (Å²) in [5, 5.41) is 0. The topological polar surface area (TPSA) is 89.7 Å². The summed E-state index contributed by atoms with van der Waals surface area (Å²) < 4.78 is 29.0. The second-order valence-corrected chi connectivity index (χ2v) is 5.91. The van der Waals surface area contributed by atoms with Crippen molar-refractivity contribution in [2.75, 3.05) is 25.6 Å². The molecular formula is C11H16N2O4S. The van der Waals surface area contributed by atoms with Crippen molar-refractivity contribution in [3.8, 4) is 0 Å². The van der Waals surface area contributed by atoms with Crippen molar-refractivity contribution in [2.24, 2.45) is 0 Å². The Hall–Kier alpha value is -1.60. The van der Waals surface area contributed by atoms with Crippen molar-refractivity contribution >= 4 is 21.7 Å². The molecule has 1 rings (SSSR count). The average Bonchev–Trinajstić information content (AvgIpc) is 2.31. The highest BCUT2D eigenvalue weighted by molar-refractivity contribution is 7.89. The number of sulfonamides is 1. The monoisotopic (exact) mass is 272 g/mol. The van der Waals surface area contributed by atoms with Crippen molar-refractivity contribution in [1.82, 2.24) is 4.31 Å². The largest absolute Gasteiger partial charge is 0.468 e. The molecule has 18 heavy (non-hydrogen) atoms. The predicted octanol–water partition coefficient (Wildman–Crippen LogP) is 0.203. The summed E-state index contributed by atoms with van der Waals surface area (Å²) in [6, 6.07) is 6.85. The number of carbonyl (C=O) groups excluding carboxylic acids is 1. The maximum absolute atomic E-state index is 11.8. The lowest BCUT2D eigenvalue weighted by Gasteiger charge is -2.16. The number of hydrogen-bond acceptors (Lipinski definition) is 5. The Morgan fingerprint density at radius 2 is 1.89 bits per heavy atom. The van der Waals surface area contributed by atoms with E-state index in [1.165, 1.54) is 7.05 Å². The van der Waals surface area contributed by atoms with Gasteiger partial charge in [0.05, 0.1) is 7.11 Å². The summed E-state index contributed by atoms with van der Waals surface area (Å²) in [5.41, 5.74) is 6.94. The number of hydrogen-bond donors (Lipinski definition) is 1. The SMILES string of the molecule is COC(=O)CS(=O)(=O)N(C)Cc1ccc(N)cc1. The smallest absolute Gasteiger partial charge is 0.322 e. The molecule has 6 nitrogen and oxygen atoms in total. The number of methoxy groups -OCH3 is 1. The van der Waals surface area contributed by atoms with E-state index in [1.54, 1.807) is 24.3 Å². The first-order valence-electron chi connectivity index (χ1n) is 5.20. The van der Waals surface area contributed by atoms with E-state index in [0.717, 1.165) is 17.0 Å². The average molecular weight is 272 g/mol. The zero-order valence-electron chi connectivity index (χ0n) is 10.3. The van der Waals surface area contributed by atoms with Gasteiger partial charge in [-0.15, -0.1) is 0 Å². The highest BCUT2D eigenvalue weighted by Crippen LogP contribution is 2.10. The number of rotatable bonds is 5. The van der Waals surface area contributed by atoms with Crippen LogP contribution in [0.3, 0.4) is 0 Å². The second kappa shape index (κ2) is 5.83. The van der Waals surface area contributed by atoms with Crippen molar-refractivity contribution in [3.63, 3.8) is 0 Å². The number of nitrogens with two attached hydrogens (primary N) is 1. The molecule has 0 spiro atoms. The van der Waals surface area contributed by atoms with Crippen molar-refractivity contribution in [3.05, 3.63) is 29.8 Å². The van der Waals surface area contributed by atoms with Crippen LogP contribution in [0.1, 0.15) is 5.56 Å². The third-order valence-electron chi connectivity index (χ3n) is 2.39. The normalized spacial score (nSPS) is 11.5. The fraction of sp³-hybridized carbons (Fsp3) is 0.364. The number of anilines is 1. The van der Waals surface area contributed by atoms with Crippen LogP contribution in [0, 0.1) is 0 Å². The molecular weight excluding hydrogens is 256 g/mol. The summed E-state index contributed by atoms with van der Waals surface area (Å²) in [6.45, 7) is 0.180. The van der Waals surface area contributed by atoms with Gasteiger partial charge in [0, 0.05) is 19.3 Å². The molecule has 100 valence electrons. The molecule has 0 saturated carbocycles. The third kappa shape index (κ3) is 4.01. The van der Waals surface area contributed by atoms with Crippen LogP contribution in [-0.2, 0) is 26.1 Å². The number of nitrogen functional groups attached to an aromatic ring is 1. The fourth-order valence-electron chi connectivity index (χ4n) is 1.30. The van der Waals surface area contributed by atoms with Crippen LogP contribution in [0.4, 0.5) is 5.69 Å². The van der Waals surface area contributed by atoms with Crippen molar-refractivity contribution in [1.29, 1.82) is 0 Å². The van der Waals surface area contributed by atoms with E-state index < -0.39 is 21.7 Å². The highest BCUT2D eigenvalue weighted by Gasteiger charge is 2.22. The van der Waals surface area contributed by atoms with Gasteiger partial charge in [-0.2, -0.15) is 0 Å². The van der Waals surface area contributed by atoms with Gasteiger partial charge in [-0.25, -0.2) is 12.7 Å². The van der Waals surface area contributed by atoms with Crippen LogP contribution in [0.5, 0.6) is 0 Å². The maximum Gasteiger partial charge on any atom is 0.322 e. The molecule has 2 N–H and O–H groups in total. The van der Waals surface area contributed by atoms with E-state index in [4.69, 9.17) is 5.73 Å².